The van der Waals surface area contributed by atoms with Gasteiger partial charge in [0, 0.05) is 19.1 Å². The monoisotopic (exact) mass is 263 g/mol. The molecule has 0 aliphatic rings. The molecular formula is C11H22ClN3O2. The lowest BCUT2D eigenvalue weighted by atomic mass is 10.2. The van der Waals surface area contributed by atoms with Gasteiger partial charge < -0.3 is 10.2 Å². The lowest BCUT2D eigenvalue weighted by molar-refractivity contribution is -0.119. The molecule has 100 valence electrons. The first kappa shape index (κ1) is 16.2. The molecule has 0 heterocycles. The number of urea groups is 1. The molecule has 5 nitrogen and oxygen atoms in total. The normalized spacial score (nSPS) is 14.2. The highest BCUT2D eigenvalue weighted by Crippen LogP contribution is 1.98. The summed E-state index contributed by atoms with van der Waals surface area (Å²) in [5, 5.41) is 4.06. The van der Waals surface area contributed by atoms with Gasteiger partial charge in [-0.3, -0.25) is 10.1 Å². The highest BCUT2D eigenvalue weighted by molar-refractivity contribution is 6.31. The first-order chi connectivity index (χ1) is 7.88. The minimum absolute atomic E-state index is 0.476. The van der Waals surface area contributed by atoms with Gasteiger partial charge in [-0.1, -0.05) is 6.92 Å². The summed E-state index contributed by atoms with van der Waals surface area (Å²) in [7, 11) is 2.00. The first-order valence-electron chi connectivity index (χ1n) is 5.81. The molecule has 0 aromatic rings. The standard InChI is InChI=1S/C11H22ClN3O2/c1-5-8(2)15(4)7-6-13-11(17)14-10(16)9(3)12/h8-9H,5-7H2,1-4H3,(H2,13,14,16,17). The SMILES string of the molecule is CCC(C)N(C)CCNC(=O)NC(=O)C(C)Cl. The van der Waals surface area contributed by atoms with Crippen molar-refractivity contribution in [2.75, 3.05) is 20.1 Å². The van der Waals surface area contributed by atoms with Gasteiger partial charge in [-0.05, 0) is 27.3 Å². The summed E-state index contributed by atoms with van der Waals surface area (Å²) < 4.78 is 0. The minimum atomic E-state index is -0.705. The van der Waals surface area contributed by atoms with Crippen LogP contribution >= 0.6 is 11.6 Å². The maximum absolute atomic E-state index is 11.3. The number of likely N-dealkylation sites (N-methyl/N-ethyl adjacent to an activating group) is 1. The molecule has 2 atom stereocenters. The van der Waals surface area contributed by atoms with Crippen LogP contribution in [0.1, 0.15) is 27.2 Å². The predicted octanol–water partition coefficient (Wildman–Crippen LogP) is 1.17. The van der Waals surface area contributed by atoms with Crippen LogP contribution in [-0.2, 0) is 4.79 Å². The van der Waals surface area contributed by atoms with E-state index in [0.717, 1.165) is 13.0 Å². The van der Waals surface area contributed by atoms with Gasteiger partial charge in [0.15, 0.2) is 0 Å². The van der Waals surface area contributed by atoms with Gasteiger partial charge in [0.05, 0.1) is 0 Å². The molecule has 0 saturated heterocycles. The number of hydrogen-bond donors (Lipinski definition) is 2. The molecular weight excluding hydrogens is 242 g/mol. The highest BCUT2D eigenvalue weighted by Gasteiger charge is 2.12. The van der Waals surface area contributed by atoms with Crippen LogP contribution < -0.4 is 10.6 Å². The van der Waals surface area contributed by atoms with E-state index in [2.05, 4.69) is 29.4 Å². The molecule has 0 aromatic heterocycles. The molecule has 3 amide bonds. The summed E-state index contributed by atoms with van der Waals surface area (Å²) in [6.45, 7) is 6.99. The Morgan fingerprint density at radius 2 is 1.94 bits per heavy atom. The van der Waals surface area contributed by atoms with E-state index in [1.54, 1.807) is 0 Å². The summed E-state index contributed by atoms with van der Waals surface area (Å²) in [6.07, 6.45) is 1.06. The Bertz CT molecular complexity index is 259. The van der Waals surface area contributed by atoms with Crippen molar-refractivity contribution in [3.05, 3.63) is 0 Å². The van der Waals surface area contributed by atoms with Crippen molar-refractivity contribution in [1.29, 1.82) is 0 Å². The molecule has 0 aliphatic carbocycles. The summed E-state index contributed by atoms with van der Waals surface area (Å²) >= 11 is 5.52. The number of halogens is 1. The van der Waals surface area contributed by atoms with Crippen LogP contribution in [0.2, 0.25) is 0 Å². The zero-order valence-corrected chi connectivity index (χ0v) is 11.7. The van der Waals surface area contributed by atoms with Crippen LogP contribution in [0, 0.1) is 0 Å². The van der Waals surface area contributed by atoms with Crippen LogP contribution in [0.4, 0.5) is 4.79 Å². The number of hydrogen-bond acceptors (Lipinski definition) is 3. The fourth-order valence-electron chi connectivity index (χ4n) is 1.13. The van der Waals surface area contributed by atoms with Crippen molar-refractivity contribution in [2.24, 2.45) is 0 Å². The molecule has 6 heteroatoms. The van der Waals surface area contributed by atoms with Crippen LogP contribution in [0.3, 0.4) is 0 Å². The zero-order valence-electron chi connectivity index (χ0n) is 10.9. The Balaban J connectivity index is 3.75. The molecule has 0 fully saturated rings. The molecule has 17 heavy (non-hydrogen) atoms. The third kappa shape index (κ3) is 7.18. The molecule has 0 saturated carbocycles. The third-order valence-corrected chi connectivity index (χ3v) is 2.89. The lowest BCUT2D eigenvalue weighted by Gasteiger charge is -2.23. The second-order valence-corrected chi connectivity index (χ2v) is 4.75. The van der Waals surface area contributed by atoms with Gasteiger partial charge in [-0.2, -0.15) is 0 Å². The average Bonchev–Trinajstić information content (AvgIpc) is 2.27. The number of nitrogens with zero attached hydrogens (tertiary/aromatic N) is 1. The second kappa shape index (κ2) is 8.31. The van der Waals surface area contributed by atoms with Crippen LogP contribution in [0.25, 0.3) is 0 Å². The van der Waals surface area contributed by atoms with Crippen LogP contribution in [-0.4, -0.2) is 48.4 Å². The number of nitrogens with one attached hydrogen (secondary N) is 2. The van der Waals surface area contributed by atoms with Gasteiger partial charge >= 0.3 is 6.03 Å². The maximum atomic E-state index is 11.3. The summed E-state index contributed by atoms with van der Waals surface area (Å²) in [5.41, 5.74) is 0. The van der Waals surface area contributed by atoms with E-state index in [4.69, 9.17) is 11.6 Å². The molecule has 2 unspecified atom stereocenters. The minimum Gasteiger partial charge on any atom is -0.337 e. The van der Waals surface area contributed by atoms with Gasteiger partial charge in [-0.15, -0.1) is 11.6 Å². The zero-order chi connectivity index (χ0) is 13.4. The third-order valence-electron chi connectivity index (χ3n) is 2.69. The van der Waals surface area contributed by atoms with Crippen molar-refractivity contribution >= 4 is 23.5 Å². The fraction of sp³-hybridized carbons (Fsp3) is 0.818. The Labute approximate surface area is 108 Å². The van der Waals surface area contributed by atoms with Crippen molar-refractivity contribution in [2.45, 2.75) is 38.6 Å². The summed E-state index contributed by atoms with van der Waals surface area (Å²) in [4.78, 5) is 24.5. The van der Waals surface area contributed by atoms with E-state index < -0.39 is 17.3 Å². The molecule has 2 N–H and O–H groups in total. The highest BCUT2D eigenvalue weighted by atomic mass is 35.5. The number of imide groups is 1. The second-order valence-electron chi connectivity index (χ2n) is 4.10. The number of alkyl halides is 1. The molecule has 0 spiro atoms. The van der Waals surface area contributed by atoms with Gasteiger partial charge in [0.1, 0.15) is 5.38 Å². The average molecular weight is 264 g/mol. The summed E-state index contributed by atoms with van der Waals surface area (Å²) in [5.74, 6) is -0.487. The fourth-order valence-corrected chi connectivity index (χ4v) is 1.19. The molecule has 0 bridgehead atoms. The Hall–Kier alpha value is -0.810. The quantitative estimate of drug-likeness (QED) is 0.707. The Morgan fingerprint density at radius 3 is 2.41 bits per heavy atom. The number of amides is 3. The van der Waals surface area contributed by atoms with E-state index in [1.807, 2.05) is 7.05 Å². The maximum Gasteiger partial charge on any atom is 0.321 e. The van der Waals surface area contributed by atoms with E-state index in [0.29, 0.717) is 12.6 Å². The number of carbonyl (C=O) groups excluding carboxylic acids is 2. The first-order valence-corrected chi connectivity index (χ1v) is 6.25. The van der Waals surface area contributed by atoms with Gasteiger partial charge in [0.25, 0.3) is 0 Å². The molecule has 0 radical (unpaired) electrons. The van der Waals surface area contributed by atoms with Crippen LogP contribution in [0.5, 0.6) is 0 Å². The largest absolute Gasteiger partial charge is 0.337 e. The van der Waals surface area contributed by atoms with E-state index in [1.165, 1.54) is 6.92 Å². The molecule has 0 aromatic carbocycles. The van der Waals surface area contributed by atoms with Gasteiger partial charge in [0.2, 0.25) is 5.91 Å². The Morgan fingerprint density at radius 1 is 1.35 bits per heavy atom. The van der Waals surface area contributed by atoms with Crippen LogP contribution in [0.15, 0.2) is 0 Å². The van der Waals surface area contributed by atoms with E-state index in [-0.39, 0.29) is 0 Å². The smallest absolute Gasteiger partial charge is 0.321 e. The van der Waals surface area contributed by atoms with E-state index >= 15 is 0 Å². The number of rotatable bonds is 6. The van der Waals surface area contributed by atoms with Crippen molar-refractivity contribution in [1.82, 2.24) is 15.5 Å². The van der Waals surface area contributed by atoms with Crippen molar-refractivity contribution in [3.63, 3.8) is 0 Å². The van der Waals surface area contributed by atoms with Gasteiger partial charge in [-0.25, -0.2) is 4.79 Å². The lowest BCUT2D eigenvalue weighted by Crippen LogP contribution is -2.45. The number of carbonyl (C=O) groups is 2. The van der Waals surface area contributed by atoms with Crippen molar-refractivity contribution < 1.29 is 9.59 Å². The molecule has 0 aliphatic heterocycles. The Kier molecular flexibility index (Phi) is 7.91. The summed E-state index contributed by atoms with van der Waals surface area (Å²) in [6, 6.07) is -0.0237. The predicted molar refractivity (Wildman–Crippen MR) is 69.2 cm³/mol. The van der Waals surface area contributed by atoms with E-state index in [9.17, 15) is 9.59 Å². The van der Waals surface area contributed by atoms with Crippen molar-refractivity contribution in [3.8, 4) is 0 Å². The molecule has 0 rings (SSSR count). The topological polar surface area (TPSA) is 61.4 Å².